The Morgan fingerprint density at radius 1 is 1.13 bits per heavy atom. The predicted octanol–water partition coefficient (Wildman–Crippen LogP) is 2.71. The molecule has 0 aliphatic rings. The zero-order chi connectivity index (χ0) is 11.3. The minimum absolute atomic E-state index is 0.494. The number of rotatable bonds is 2. The SMILES string of the molecule is CC(C#C[Si](C)(C)C)[Se]c1ccccc1. The van der Waals surface area contributed by atoms with Crippen molar-refractivity contribution in [1.29, 1.82) is 0 Å². The third kappa shape index (κ3) is 5.84. The van der Waals surface area contributed by atoms with E-state index in [2.05, 4.69) is 68.4 Å². The molecule has 15 heavy (non-hydrogen) atoms. The van der Waals surface area contributed by atoms with Gasteiger partial charge in [-0.25, -0.2) is 0 Å². The van der Waals surface area contributed by atoms with Crippen molar-refractivity contribution < 1.29 is 0 Å². The maximum absolute atomic E-state index is 3.45. The zero-order valence-corrected chi connectivity index (χ0v) is 12.6. The summed E-state index contributed by atoms with van der Waals surface area (Å²) in [4.78, 5) is 0.534. The van der Waals surface area contributed by atoms with Gasteiger partial charge in [-0.15, -0.1) is 0 Å². The first-order chi connectivity index (χ1) is 6.97. The van der Waals surface area contributed by atoms with Crippen molar-refractivity contribution in [1.82, 2.24) is 0 Å². The second-order valence-corrected chi connectivity index (χ2v) is 12.3. The van der Waals surface area contributed by atoms with Crippen LogP contribution >= 0.6 is 0 Å². The molecule has 1 unspecified atom stereocenters. The first kappa shape index (κ1) is 12.6. The number of hydrogen-bond donors (Lipinski definition) is 0. The van der Waals surface area contributed by atoms with Gasteiger partial charge in [-0.3, -0.25) is 0 Å². The predicted molar refractivity (Wildman–Crippen MR) is 72.4 cm³/mol. The summed E-state index contributed by atoms with van der Waals surface area (Å²) in [5.74, 6) is 3.41. The van der Waals surface area contributed by atoms with Gasteiger partial charge < -0.3 is 0 Å². The quantitative estimate of drug-likeness (QED) is 0.577. The molecule has 0 N–H and O–H groups in total. The molecule has 0 saturated carbocycles. The summed E-state index contributed by atoms with van der Waals surface area (Å²) < 4.78 is 1.45. The van der Waals surface area contributed by atoms with Crippen molar-refractivity contribution in [2.75, 3.05) is 0 Å². The van der Waals surface area contributed by atoms with Crippen LogP contribution in [-0.2, 0) is 0 Å². The average Bonchev–Trinajstić information content (AvgIpc) is 2.15. The number of benzene rings is 1. The summed E-state index contributed by atoms with van der Waals surface area (Å²) >= 11 is 0.494. The Labute approximate surface area is 101 Å². The second-order valence-electron chi connectivity index (χ2n) is 4.59. The molecule has 1 aromatic carbocycles. The zero-order valence-electron chi connectivity index (χ0n) is 9.87. The summed E-state index contributed by atoms with van der Waals surface area (Å²) in [5, 5.41) is 0. The van der Waals surface area contributed by atoms with Crippen LogP contribution in [0.25, 0.3) is 0 Å². The Balaban J connectivity index is 2.56. The molecular formula is C13H18SeSi. The van der Waals surface area contributed by atoms with Crippen molar-refractivity contribution >= 4 is 27.5 Å². The van der Waals surface area contributed by atoms with E-state index in [0.29, 0.717) is 19.8 Å². The van der Waals surface area contributed by atoms with Crippen LogP contribution in [0.5, 0.6) is 0 Å². The van der Waals surface area contributed by atoms with E-state index in [1.165, 1.54) is 4.46 Å². The van der Waals surface area contributed by atoms with Crippen LogP contribution in [0.15, 0.2) is 30.3 Å². The molecule has 0 radical (unpaired) electrons. The third-order valence-corrected chi connectivity index (χ3v) is 4.73. The van der Waals surface area contributed by atoms with Crippen molar-refractivity contribution in [2.45, 2.75) is 31.4 Å². The molecule has 0 heterocycles. The molecule has 0 aliphatic carbocycles. The van der Waals surface area contributed by atoms with E-state index in [4.69, 9.17) is 0 Å². The standard InChI is InChI=1S/C13H18SeSi/c1-12(10-11-15(2,3)4)14-13-8-6-5-7-9-13/h5-9,12H,1-4H3. The summed E-state index contributed by atoms with van der Waals surface area (Å²) in [5.41, 5.74) is 3.45. The average molecular weight is 281 g/mol. The molecule has 0 fully saturated rings. The third-order valence-electron chi connectivity index (χ3n) is 1.71. The van der Waals surface area contributed by atoms with E-state index in [-0.39, 0.29) is 0 Å². The molecule has 0 amide bonds. The Kier molecular flexibility index (Phi) is 4.66. The van der Waals surface area contributed by atoms with Gasteiger partial charge in [0.05, 0.1) is 0 Å². The Hall–Kier alpha value is -0.484. The van der Waals surface area contributed by atoms with Crippen LogP contribution in [-0.4, -0.2) is 23.0 Å². The summed E-state index contributed by atoms with van der Waals surface area (Å²) in [7, 11) is -1.19. The van der Waals surface area contributed by atoms with Gasteiger partial charge in [-0.2, -0.15) is 0 Å². The van der Waals surface area contributed by atoms with Crippen LogP contribution in [0.3, 0.4) is 0 Å². The summed E-state index contributed by atoms with van der Waals surface area (Å²) in [6.45, 7) is 9.12. The fraction of sp³-hybridized carbons (Fsp3) is 0.385. The van der Waals surface area contributed by atoms with Crippen molar-refractivity contribution in [3.63, 3.8) is 0 Å². The van der Waals surface area contributed by atoms with Gasteiger partial charge in [0.1, 0.15) is 0 Å². The molecule has 0 spiro atoms. The Morgan fingerprint density at radius 3 is 2.27 bits per heavy atom. The van der Waals surface area contributed by atoms with Gasteiger partial charge >= 0.3 is 101 Å². The molecular weight excluding hydrogens is 263 g/mol. The first-order valence-electron chi connectivity index (χ1n) is 5.22. The van der Waals surface area contributed by atoms with E-state index in [9.17, 15) is 0 Å². The van der Waals surface area contributed by atoms with Crippen LogP contribution < -0.4 is 4.46 Å². The van der Waals surface area contributed by atoms with E-state index in [1.807, 2.05) is 0 Å². The van der Waals surface area contributed by atoms with Crippen molar-refractivity contribution in [3.05, 3.63) is 30.3 Å². The Bertz CT molecular complexity index is 354. The molecule has 0 aliphatic heterocycles. The Morgan fingerprint density at radius 2 is 1.73 bits per heavy atom. The van der Waals surface area contributed by atoms with Gasteiger partial charge in [0.2, 0.25) is 0 Å². The molecule has 0 aromatic heterocycles. The van der Waals surface area contributed by atoms with E-state index >= 15 is 0 Å². The molecule has 1 atom stereocenters. The van der Waals surface area contributed by atoms with Crippen LogP contribution in [0.4, 0.5) is 0 Å². The first-order valence-corrected chi connectivity index (χ1v) is 10.6. The van der Waals surface area contributed by atoms with E-state index in [1.54, 1.807) is 0 Å². The fourth-order valence-electron chi connectivity index (χ4n) is 1.05. The summed E-state index contributed by atoms with van der Waals surface area (Å²) in [6.07, 6.45) is 0. The second kappa shape index (κ2) is 5.56. The van der Waals surface area contributed by atoms with Crippen molar-refractivity contribution in [2.24, 2.45) is 0 Å². The van der Waals surface area contributed by atoms with E-state index < -0.39 is 8.07 Å². The summed E-state index contributed by atoms with van der Waals surface area (Å²) in [6, 6.07) is 10.7. The van der Waals surface area contributed by atoms with Gasteiger partial charge in [0.15, 0.2) is 0 Å². The van der Waals surface area contributed by atoms with Gasteiger partial charge in [0.25, 0.3) is 0 Å². The normalized spacial score (nSPS) is 12.8. The number of hydrogen-bond acceptors (Lipinski definition) is 0. The van der Waals surface area contributed by atoms with Gasteiger partial charge in [-0.1, -0.05) is 0 Å². The molecule has 2 heteroatoms. The van der Waals surface area contributed by atoms with Crippen molar-refractivity contribution in [3.8, 4) is 11.5 Å². The van der Waals surface area contributed by atoms with Crippen LogP contribution in [0.1, 0.15) is 6.92 Å². The topological polar surface area (TPSA) is 0 Å². The molecule has 0 nitrogen and oxygen atoms in total. The van der Waals surface area contributed by atoms with Gasteiger partial charge in [-0.05, 0) is 0 Å². The fourth-order valence-corrected chi connectivity index (χ4v) is 3.70. The molecule has 1 rings (SSSR count). The van der Waals surface area contributed by atoms with Crippen LogP contribution in [0, 0.1) is 11.5 Å². The molecule has 1 aromatic rings. The monoisotopic (exact) mass is 282 g/mol. The van der Waals surface area contributed by atoms with Crippen LogP contribution in [0.2, 0.25) is 24.5 Å². The van der Waals surface area contributed by atoms with E-state index in [0.717, 1.165) is 0 Å². The molecule has 80 valence electrons. The molecule has 0 bridgehead atoms. The minimum atomic E-state index is -1.19. The van der Waals surface area contributed by atoms with Gasteiger partial charge in [0, 0.05) is 0 Å². The molecule has 0 saturated heterocycles. The maximum atomic E-state index is 3.45.